The lowest BCUT2D eigenvalue weighted by Gasteiger charge is -2.35. The van der Waals surface area contributed by atoms with E-state index in [1.165, 1.54) is 0 Å². The van der Waals surface area contributed by atoms with Crippen LogP contribution in [0.25, 0.3) is 0 Å². The molecule has 1 fully saturated rings. The number of hydrogen-bond donors (Lipinski definition) is 1. The SMILES string of the molecule is Cc1ccc(N=Nc2cc(C)ccc2NC(=O)C2CCN(C(=O)C(C)(C)C)CC2)cc1. The first kappa shape index (κ1) is 22.7. The van der Waals surface area contributed by atoms with Crippen molar-refractivity contribution in [3.63, 3.8) is 0 Å². The van der Waals surface area contributed by atoms with Gasteiger partial charge in [0.15, 0.2) is 0 Å². The Bertz CT molecular complexity index is 966. The van der Waals surface area contributed by atoms with Gasteiger partial charge in [-0.2, -0.15) is 5.11 Å². The molecule has 2 aromatic carbocycles. The summed E-state index contributed by atoms with van der Waals surface area (Å²) in [4.78, 5) is 27.2. The number of azo groups is 1. The second-order valence-corrected chi connectivity index (χ2v) is 9.36. The summed E-state index contributed by atoms with van der Waals surface area (Å²) in [6.07, 6.45) is 1.33. The molecule has 0 atom stereocenters. The third-order valence-corrected chi connectivity index (χ3v) is 5.51. The zero-order valence-electron chi connectivity index (χ0n) is 19.1. The van der Waals surface area contributed by atoms with Gasteiger partial charge >= 0.3 is 0 Å². The molecule has 2 amide bonds. The predicted molar refractivity (Wildman–Crippen MR) is 124 cm³/mol. The summed E-state index contributed by atoms with van der Waals surface area (Å²) in [6, 6.07) is 13.5. The molecule has 0 bridgehead atoms. The molecule has 3 rings (SSSR count). The minimum Gasteiger partial charge on any atom is -0.342 e. The number of hydrogen-bond acceptors (Lipinski definition) is 4. The van der Waals surface area contributed by atoms with Gasteiger partial charge in [0.2, 0.25) is 11.8 Å². The molecule has 0 radical (unpaired) electrons. The fraction of sp³-hybridized carbons (Fsp3) is 0.440. The van der Waals surface area contributed by atoms with Gasteiger partial charge in [-0.25, -0.2) is 0 Å². The minimum atomic E-state index is -0.394. The number of nitrogens with zero attached hydrogens (tertiary/aromatic N) is 3. The highest BCUT2D eigenvalue weighted by Crippen LogP contribution is 2.30. The lowest BCUT2D eigenvalue weighted by Crippen LogP contribution is -2.45. The van der Waals surface area contributed by atoms with Crippen molar-refractivity contribution in [1.29, 1.82) is 0 Å². The Kier molecular flexibility index (Phi) is 6.88. The van der Waals surface area contributed by atoms with E-state index in [1.54, 1.807) is 0 Å². The molecule has 2 aromatic rings. The summed E-state index contributed by atoms with van der Waals surface area (Å²) >= 11 is 0. The topological polar surface area (TPSA) is 74.1 Å². The van der Waals surface area contributed by atoms with Crippen molar-refractivity contribution in [1.82, 2.24) is 4.90 Å². The van der Waals surface area contributed by atoms with Crippen molar-refractivity contribution in [2.45, 2.75) is 47.5 Å². The second-order valence-electron chi connectivity index (χ2n) is 9.36. The van der Waals surface area contributed by atoms with Gasteiger partial charge in [0.1, 0.15) is 5.69 Å². The first-order chi connectivity index (χ1) is 14.6. The Morgan fingerprint density at radius 3 is 2.16 bits per heavy atom. The van der Waals surface area contributed by atoms with Gasteiger partial charge in [0.05, 0.1) is 11.4 Å². The fourth-order valence-electron chi connectivity index (χ4n) is 3.61. The van der Waals surface area contributed by atoms with E-state index in [0.717, 1.165) is 16.8 Å². The van der Waals surface area contributed by atoms with Crippen molar-refractivity contribution in [3.05, 3.63) is 53.6 Å². The zero-order chi connectivity index (χ0) is 22.6. The third-order valence-electron chi connectivity index (χ3n) is 5.51. The first-order valence-corrected chi connectivity index (χ1v) is 10.8. The van der Waals surface area contributed by atoms with E-state index >= 15 is 0 Å². The monoisotopic (exact) mass is 420 g/mol. The number of rotatable bonds is 4. The van der Waals surface area contributed by atoms with Crippen LogP contribution < -0.4 is 5.32 Å². The summed E-state index contributed by atoms with van der Waals surface area (Å²) in [5.74, 6) is -0.00518. The van der Waals surface area contributed by atoms with Crippen molar-refractivity contribution < 1.29 is 9.59 Å². The van der Waals surface area contributed by atoms with Gasteiger partial charge in [-0.1, -0.05) is 44.5 Å². The van der Waals surface area contributed by atoms with Crippen LogP contribution in [0.1, 0.15) is 44.7 Å². The smallest absolute Gasteiger partial charge is 0.227 e. The molecule has 0 aromatic heterocycles. The number of carbonyl (C=O) groups excluding carboxylic acids is 2. The molecule has 0 spiro atoms. The van der Waals surface area contributed by atoms with Crippen LogP contribution >= 0.6 is 0 Å². The van der Waals surface area contributed by atoms with Crippen LogP contribution in [0, 0.1) is 25.2 Å². The molecule has 6 nitrogen and oxygen atoms in total. The van der Waals surface area contributed by atoms with E-state index < -0.39 is 5.41 Å². The second kappa shape index (κ2) is 9.41. The number of likely N-dealkylation sites (tertiary alicyclic amines) is 1. The average molecular weight is 421 g/mol. The normalized spacial score (nSPS) is 15.3. The molecule has 1 aliphatic heterocycles. The molecule has 0 saturated carbocycles. The summed E-state index contributed by atoms with van der Waals surface area (Å²) in [7, 11) is 0. The highest BCUT2D eigenvalue weighted by atomic mass is 16.2. The minimum absolute atomic E-state index is 0.0292. The molecule has 164 valence electrons. The Balaban J connectivity index is 1.67. The predicted octanol–water partition coefficient (Wildman–Crippen LogP) is 5.94. The highest BCUT2D eigenvalue weighted by Gasteiger charge is 2.32. The number of amides is 2. The van der Waals surface area contributed by atoms with Crippen molar-refractivity contribution >= 4 is 28.9 Å². The maximum absolute atomic E-state index is 12.9. The lowest BCUT2D eigenvalue weighted by atomic mass is 9.90. The summed E-state index contributed by atoms with van der Waals surface area (Å²) < 4.78 is 0. The largest absolute Gasteiger partial charge is 0.342 e. The number of nitrogens with one attached hydrogen (secondary N) is 1. The molecule has 31 heavy (non-hydrogen) atoms. The number of anilines is 1. The fourth-order valence-corrected chi connectivity index (χ4v) is 3.61. The van der Waals surface area contributed by atoms with E-state index in [4.69, 9.17) is 0 Å². The van der Waals surface area contributed by atoms with Crippen LogP contribution in [0.5, 0.6) is 0 Å². The number of carbonyl (C=O) groups is 2. The highest BCUT2D eigenvalue weighted by molar-refractivity contribution is 5.95. The van der Waals surface area contributed by atoms with E-state index in [0.29, 0.717) is 37.3 Å². The van der Waals surface area contributed by atoms with E-state index in [9.17, 15) is 9.59 Å². The lowest BCUT2D eigenvalue weighted by molar-refractivity contribution is -0.142. The third kappa shape index (κ3) is 6.00. The summed E-state index contributed by atoms with van der Waals surface area (Å²) in [6.45, 7) is 11.0. The summed E-state index contributed by atoms with van der Waals surface area (Å²) in [5, 5.41) is 11.7. The molecule has 1 saturated heterocycles. The van der Waals surface area contributed by atoms with Gasteiger partial charge in [0.25, 0.3) is 0 Å². The molecule has 0 aliphatic carbocycles. The van der Waals surface area contributed by atoms with Crippen LogP contribution in [-0.2, 0) is 9.59 Å². The first-order valence-electron chi connectivity index (χ1n) is 10.8. The van der Waals surface area contributed by atoms with Gasteiger partial charge in [-0.3, -0.25) is 9.59 Å². The van der Waals surface area contributed by atoms with E-state index in [1.807, 2.05) is 82.0 Å². The Hall–Kier alpha value is -3.02. The quantitative estimate of drug-likeness (QED) is 0.621. The number of benzene rings is 2. The number of aryl methyl sites for hydroxylation is 2. The zero-order valence-corrected chi connectivity index (χ0v) is 19.1. The Labute approximate surface area is 184 Å². The summed E-state index contributed by atoms with van der Waals surface area (Å²) in [5.41, 5.74) is 3.87. The standard InChI is InChI=1S/C25H32N4O2/c1-17-6-9-20(10-7-17)27-28-22-16-18(2)8-11-21(22)26-23(30)19-12-14-29(15-13-19)24(31)25(3,4)5/h6-11,16,19H,12-15H2,1-5H3,(H,26,30). The number of piperidine rings is 1. The van der Waals surface area contributed by atoms with Gasteiger partial charge in [0, 0.05) is 24.4 Å². The van der Waals surface area contributed by atoms with E-state index in [-0.39, 0.29) is 17.7 Å². The van der Waals surface area contributed by atoms with Crippen LogP contribution in [-0.4, -0.2) is 29.8 Å². The van der Waals surface area contributed by atoms with Gasteiger partial charge in [-0.05, 0) is 56.5 Å². The molecular formula is C25H32N4O2. The van der Waals surface area contributed by atoms with Crippen molar-refractivity contribution in [2.75, 3.05) is 18.4 Å². The van der Waals surface area contributed by atoms with Crippen molar-refractivity contribution in [3.8, 4) is 0 Å². The van der Waals surface area contributed by atoms with Crippen LogP contribution in [0.3, 0.4) is 0 Å². The van der Waals surface area contributed by atoms with E-state index in [2.05, 4.69) is 15.5 Å². The Morgan fingerprint density at radius 1 is 0.935 bits per heavy atom. The Morgan fingerprint density at radius 2 is 1.55 bits per heavy atom. The van der Waals surface area contributed by atoms with Crippen LogP contribution in [0.2, 0.25) is 0 Å². The maximum Gasteiger partial charge on any atom is 0.227 e. The molecule has 0 unspecified atom stereocenters. The van der Waals surface area contributed by atoms with Crippen molar-refractivity contribution in [2.24, 2.45) is 21.6 Å². The molecule has 1 aliphatic rings. The van der Waals surface area contributed by atoms with Gasteiger partial charge < -0.3 is 10.2 Å². The van der Waals surface area contributed by atoms with Crippen LogP contribution in [0.15, 0.2) is 52.7 Å². The molecule has 1 N–H and O–H groups in total. The van der Waals surface area contributed by atoms with Crippen LogP contribution in [0.4, 0.5) is 17.1 Å². The average Bonchev–Trinajstić information content (AvgIpc) is 2.74. The molecule has 6 heteroatoms. The maximum atomic E-state index is 12.9. The van der Waals surface area contributed by atoms with Gasteiger partial charge in [-0.15, -0.1) is 5.11 Å². The molecular weight excluding hydrogens is 388 g/mol. The molecule has 1 heterocycles.